The van der Waals surface area contributed by atoms with E-state index in [1.165, 1.54) is 12.8 Å². The number of benzene rings is 1. The number of likely N-dealkylation sites (tertiary alicyclic amines) is 1. The summed E-state index contributed by atoms with van der Waals surface area (Å²) in [6.45, 7) is 5.46. The van der Waals surface area contributed by atoms with Crippen molar-refractivity contribution in [3.05, 3.63) is 33.8 Å². The maximum atomic E-state index is 6.42. The fourth-order valence-corrected chi connectivity index (χ4v) is 3.59. The third kappa shape index (κ3) is 3.25. The zero-order valence-corrected chi connectivity index (χ0v) is 13.1. The van der Waals surface area contributed by atoms with E-state index in [0.717, 1.165) is 28.6 Å². The summed E-state index contributed by atoms with van der Waals surface area (Å²) in [7, 11) is 0. The zero-order chi connectivity index (χ0) is 14.0. The first kappa shape index (κ1) is 15.1. The molecular weight excluding hydrogens is 279 g/mol. The van der Waals surface area contributed by atoms with Crippen LogP contribution in [0.25, 0.3) is 0 Å². The fourth-order valence-electron chi connectivity index (χ4n) is 2.97. The SMILES string of the molecule is CC(C)N1CCCCC(N)C1c1c(Cl)cccc1Cl. The first-order chi connectivity index (χ1) is 9.02. The molecule has 2 atom stereocenters. The maximum Gasteiger partial charge on any atom is 0.0531 e. The number of hydrogen-bond donors (Lipinski definition) is 1. The van der Waals surface area contributed by atoms with Crippen LogP contribution in [0, 0.1) is 0 Å². The van der Waals surface area contributed by atoms with Crippen LogP contribution in [0.5, 0.6) is 0 Å². The molecule has 1 heterocycles. The predicted octanol–water partition coefficient (Wildman–Crippen LogP) is 4.26. The van der Waals surface area contributed by atoms with Gasteiger partial charge in [-0.25, -0.2) is 0 Å². The highest BCUT2D eigenvalue weighted by Gasteiger charge is 2.32. The molecule has 0 aliphatic carbocycles. The average molecular weight is 301 g/mol. The molecule has 0 radical (unpaired) electrons. The van der Waals surface area contributed by atoms with E-state index >= 15 is 0 Å². The van der Waals surface area contributed by atoms with E-state index in [1.54, 1.807) is 0 Å². The van der Waals surface area contributed by atoms with Crippen LogP contribution in [0.3, 0.4) is 0 Å². The summed E-state index contributed by atoms with van der Waals surface area (Å²) < 4.78 is 0. The minimum atomic E-state index is 0.0855. The summed E-state index contributed by atoms with van der Waals surface area (Å²) in [6, 6.07) is 6.32. The van der Waals surface area contributed by atoms with Gasteiger partial charge in [0.1, 0.15) is 0 Å². The number of rotatable bonds is 2. The molecule has 2 nitrogen and oxygen atoms in total. The Balaban J connectivity index is 2.46. The van der Waals surface area contributed by atoms with Crippen LogP contribution < -0.4 is 5.73 Å². The molecule has 0 aromatic heterocycles. The summed E-state index contributed by atoms with van der Waals surface area (Å²) >= 11 is 12.8. The van der Waals surface area contributed by atoms with E-state index < -0.39 is 0 Å². The molecule has 1 aliphatic heterocycles. The standard InChI is InChI=1S/C15H22Cl2N2/c1-10(2)19-9-4-3-8-13(18)15(19)14-11(16)6-5-7-12(14)17/h5-7,10,13,15H,3-4,8-9,18H2,1-2H3. The van der Waals surface area contributed by atoms with Gasteiger partial charge in [0.15, 0.2) is 0 Å². The smallest absolute Gasteiger partial charge is 0.0531 e. The van der Waals surface area contributed by atoms with Crippen LogP contribution in [-0.2, 0) is 0 Å². The molecule has 2 rings (SSSR count). The van der Waals surface area contributed by atoms with Crippen molar-refractivity contribution in [1.82, 2.24) is 4.90 Å². The predicted molar refractivity (Wildman–Crippen MR) is 82.9 cm³/mol. The van der Waals surface area contributed by atoms with Crippen molar-refractivity contribution in [1.29, 1.82) is 0 Å². The zero-order valence-electron chi connectivity index (χ0n) is 11.6. The van der Waals surface area contributed by atoms with Crippen LogP contribution in [0.2, 0.25) is 10.0 Å². The molecule has 0 amide bonds. The third-order valence-electron chi connectivity index (χ3n) is 3.93. The highest BCUT2D eigenvalue weighted by atomic mass is 35.5. The molecule has 106 valence electrons. The van der Waals surface area contributed by atoms with Gasteiger partial charge in [0.25, 0.3) is 0 Å². The molecular formula is C15H22Cl2N2. The van der Waals surface area contributed by atoms with Crippen molar-refractivity contribution < 1.29 is 0 Å². The topological polar surface area (TPSA) is 29.3 Å². The Bertz CT molecular complexity index is 414. The number of nitrogens with two attached hydrogens (primary N) is 1. The molecule has 1 fully saturated rings. The fraction of sp³-hybridized carbons (Fsp3) is 0.600. The lowest BCUT2D eigenvalue weighted by atomic mass is 9.95. The summed E-state index contributed by atoms with van der Waals surface area (Å²) in [5, 5.41) is 1.45. The Morgan fingerprint density at radius 3 is 2.42 bits per heavy atom. The highest BCUT2D eigenvalue weighted by molar-refractivity contribution is 6.36. The lowest BCUT2D eigenvalue weighted by molar-refractivity contribution is 0.144. The minimum Gasteiger partial charge on any atom is -0.326 e. The van der Waals surface area contributed by atoms with E-state index in [1.807, 2.05) is 18.2 Å². The van der Waals surface area contributed by atoms with E-state index in [0.29, 0.717) is 6.04 Å². The number of nitrogens with zero attached hydrogens (tertiary/aromatic N) is 1. The Morgan fingerprint density at radius 2 is 1.84 bits per heavy atom. The Morgan fingerprint density at radius 1 is 1.21 bits per heavy atom. The molecule has 1 aromatic rings. The van der Waals surface area contributed by atoms with Crippen LogP contribution in [-0.4, -0.2) is 23.5 Å². The van der Waals surface area contributed by atoms with Crippen molar-refractivity contribution in [2.24, 2.45) is 5.73 Å². The molecule has 0 bridgehead atoms. The second-order valence-corrected chi connectivity index (χ2v) is 6.39. The van der Waals surface area contributed by atoms with Gasteiger partial charge in [-0.1, -0.05) is 35.7 Å². The van der Waals surface area contributed by atoms with Gasteiger partial charge in [-0.05, 0) is 45.4 Å². The molecule has 2 N–H and O–H groups in total. The van der Waals surface area contributed by atoms with Gasteiger partial charge in [-0.15, -0.1) is 0 Å². The average Bonchev–Trinajstić information content (AvgIpc) is 2.52. The van der Waals surface area contributed by atoms with Gasteiger partial charge in [0.2, 0.25) is 0 Å². The third-order valence-corrected chi connectivity index (χ3v) is 4.58. The summed E-state index contributed by atoms with van der Waals surface area (Å²) in [4.78, 5) is 2.44. The van der Waals surface area contributed by atoms with E-state index in [9.17, 15) is 0 Å². The van der Waals surface area contributed by atoms with Gasteiger partial charge < -0.3 is 5.73 Å². The lowest BCUT2D eigenvalue weighted by Crippen LogP contribution is -2.43. The van der Waals surface area contributed by atoms with E-state index in [-0.39, 0.29) is 12.1 Å². The quantitative estimate of drug-likeness (QED) is 0.884. The van der Waals surface area contributed by atoms with Crippen molar-refractivity contribution >= 4 is 23.2 Å². The van der Waals surface area contributed by atoms with Crippen molar-refractivity contribution in [3.63, 3.8) is 0 Å². The molecule has 1 aliphatic rings. The Labute approximate surface area is 125 Å². The highest BCUT2D eigenvalue weighted by Crippen LogP contribution is 2.38. The van der Waals surface area contributed by atoms with Crippen molar-refractivity contribution in [2.75, 3.05) is 6.54 Å². The Kier molecular flexibility index (Phi) is 5.13. The van der Waals surface area contributed by atoms with Crippen LogP contribution >= 0.6 is 23.2 Å². The van der Waals surface area contributed by atoms with Crippen LogP contribution in [0.1, 0.15) is 44.7 Å². The molecule has 0 spiro atoms. The Hall–Kier alpha value is -0.280. The molecule has 1 saturated heterocycles. The largest absolute Gasteiger partial charge is 0.326 e. The second-order valence-electron chi connectivity index (χ2n) is 5.57. The van der Waals surface area contributed by atoms with Gasteiger partial charge >= 0.3 is 0 Å². The summed E-state index contributed by atoms with van der Waals surface area (Å²) in [5.41, 5.74) is 7.41. The first-order valence-electron chi connectivity index (χ1n) is 6.97. The molecule has 0 saturated carbocycles. The second kappa shape index (κ2) is 6.45. The van der Waals surface area contributed by atoms with Gasteiger partial charge in [0, 0.05) is 27.7 Å². The first-order valence-corrected chi connectivity index (χ1v) is 7.73. The monoisotopic (exact) mass is 300 g/mol. The normalized spacial score (nSPS) is 25.6. The summed E-state index contributed by atoms with van der Waals surface area (Å²) in [6.07, 6.45) is 3.38. The lowest BCUT2D eigenvalue weighted by Gasteiger charge is -2.37. The van der Waals surface area contributed by atoms with E-state index in [2.05, 4.69) is 18.7 Å². The van der Waals surface area contributed by atoms with Crippen LogP contribution in [0.15, 0.2) is 18.2 Å². The van der Waals surface area contributed by atoms with Crippen molar-refractivity contribution in [3.8, 4) is 0 Å². The van der Waals surface area contributed by atoms with Gasteiger partial charge in [-0.2, -0.15) is 0 Å². The molecule has 19 heavy (non-hydrogen) atoms. The minimum absolute atomic E-state index is 0.0855. The molecule has 2 unspecified atom stereocenters. The number of hydrogen-bond acceptors (Lipinski definition) is 2. The number of halogens is 2. The van der Waals surface area contributed by atoms with E-state index in [4.69, 9.17) is 28.9 Å². The molecule has 4 heteroatoms. The van der Waals surface area contributed by atoms with Crippen LogP contribution in [0.4, 0.5) is 0 Å². The molecule has 1 aromatic carbocycles. The van der Waals surface area contributed by atoms with Gasteiger partial charge in [-0.3, -0.25) is 4.90 Å². The van der Waals surface area contributed by atoms with Gasteiger partial charge in [0.05, 0.1) is 6.04 Å². The van der Waals surface area contributed by atoms with Crippen molar-refractivity contribution in [2.45, 2.75) is 51.2 Å². The summed E-state index contributed by atoms with van der Waals surface area (Å²) in [5.74, 6) is 0. The maximum absolute atomic E-state index is 6.42.